The fraction of sp³-hybridized carbons (Fsp3) is 0. The molecule has 0 spiro atoms. The zero-order valence-electron chi connectivity index (χ0n) is 2.08. The molecule has 5 heteroatoms. The third kappa shape index (κ3) is 34.9. The first kappa shape index (κ1) is 108. The molecule has 0 saturated heterocycles. The average molecular weight is 282 g/mol. The van der Waals surface area contributed by atoms with Gasteiger partial charge in [0.05, 0.1) is 0 Å². The van der Waals surface area contributed by atoms with E-state index < -0.39 is 0 Å². The minimum atomic E-state index is 0. The predicted octanol–water partition coefficient (Wildman–Crippen LogP) is -0.361. The third-order valence-electron chi connectivity index (χ3n) is 0. The van der Waals surface area contributed by atoms with Gasteiger partial charge in [-0.3, -0.25) is 0 Å². The van der Waals surface area contributed by atoms with E-state index in [1.165, 1.54) is 0 Å². The summed E-state index contributed by atoms with van der Waals surface area (Å²) in [5.41, 5.74) is 0. The van der Waals surface area contributed by atoms with Gasteiger partial charge in [0.1, 0.15) is 0 Å². The molecule has 0 amide bonds. The van der Waals surface area contributed by atoms with E-state index in [9.17, 15) is 0 Å². The Morgan fingerprint density at radius 2 is 0.600 bits per heavy atom. The fourth-order valence-electron chi connectivity index (χ4n) is 0. The van der Waals surface area contributed by atoms with Crippen LogP contribution >= 0.6 is 0 Å². The van der Waals surface area contributed by atoms with Gasteiger partial charge in [-0.1, -0.05) is 0 Å². The molecule has 0 atom stereocenters. The summed E-state index contributed by atoms with van der Waals surface area (Å²) in [4.78, 5) is 0. The third-order valence-corrected chi connectivity index (χ3v) is 0. The average Bonchev–Trinajstić information content (AvgIpc) is 0. The van der Waals surface area contributed by atoms with E-state index in [1.807, 2.05) is 0 Å². The van der Waals surface area contributed by atoms with Gasteiger partial charge < -0.3 is 16.4 Å². The summed E-state index contributed by atoms with van der Waals surface area (Å²) in [5.74, 6) is 0. The normalized spacial score (nSPS) is 0. The maximum Gasteiger partial charge on any atom is 4.00 e. The fourth-order valence-corrected chi connectivity index (χ4v) is 0. The van der Waals surface area contributed by atoms with E-state index in [-0.39, 0.29) is 59.3 Å². The smallest absolute Gasteiger partial charge is 2.00 e. The largest absolute Gasteiger partial charge is 4.00 e. The Hall–Kier alpha value is 1.27. The van der Waals surface area contributed by atoms with Crippen molar-refractivity contribution >= 4 is 0 Å². The zero-order chi connectivity index (χ0) is 0. The minimum absolute atomic E-state index is 0. The summed E-state index contributed by atoms with van der Waals surface area (Å²) in [5, 5.41) is 0. The summed E-state index contributed by atoms with van der Waals surface area (Å²) in [7, 11) is 0. The Kier molecular flexibility index (Phi) is 1290. The summed E-state index contributed by atoms with van der Waals surface area (Å²) in [6.45, 7) is 0. The van der Waals surface area contributed by atoms with Crippen molar-refractivity contribution in [3.8, 4) is 0 Å². The standard InChI is InChI=1S/Fe.Hf.3O/q+2;+4;3*-2. The number of rotatable bonds is 0. The van der Waals surface area contributed by atoms with Gasteiger partial charge in [0.2, 0.25) is 0 Å². The molecule has 3 nitrogen and oxygen atoms in total. The SMILES string of the molecule is [Fe+2].[Hf+4].[O-2].[O-2].[O-2]. The molecule has 5 heavy (non-hydrogen) atoms. The van der Waals surface area contributed by atoms with E-state index in [0.717, 1.165) is 0 Å². The van der Waals surface area contributed by atoms with Crippen LogP contribution in [0.5, 0.6) is 0 Å². The van der Waals surface area contributed by atoms with E-state index in [4.69, 9.17) is 0 Å². The topological polar surface area (TPSA) is 85.5 Å². The molecular formula is FeHfO3. The van der Waals surface area contributed by atoms with Crippen LogP contribution in [0.2, 0.25) is 0 Å². The second-order valence-electron chi connectivity index (χ2n) is 0. The molecule has 0 unspecified atom stereocenters. The van der Waals surface area contributed by atoms with Crippen LogP contribution in [0.1, 0.15) is 0 Å². The summed E-state index contributed by atoms with van der Waals surface area (Å²) < 4.78 is 0. The maximum absolute atomic E-state index is 0. The van der Waals surface area contributed by atoms with Gasteiger partial charge in [-0.25, -0.2) is 0 Å². The van der Waals surface area contributed by atoms with Crippen molar-refractivity contribution in [1.82, 2.24) is 0 Å². The van der Waals surface area contributed by atoms with Gasteiger partial charge in [-0.2, -0.15) is 0 Å². The maximum atomic E-state index is 0. The zero-order valence-corrected chi connectivity index (χ0v) is 6.78. The van der Waals surface area contributed by atoms with Crippen molar-refractivity contribution in [2.45, 2.75) is 0 Å². The van der Waals surface area contributed by atoms with Gasteiger partial charge in [-0.15, -0.1) is 0 Å². The summed E-state index contributed by atoms with van der Waals surface area (Å²) in [6.07, 6.45) is 0. The molecule has 0 bridgehead atoms. The monoisotopic (exact) mass is 284 g/mol. The van der Waals surface area contributed by atoms with Gasteiger partial charge in [-0.05, 0) is 0 Å². The minimum Gasteiger partial charge on any atom is -2.00 e. The molecule has 0 saturated carbocycles. The van der Waals surface area contributed by atoms with E-state index in [1.54, 1.807) is 0 Å². The van der Waals surface area contributed by atoms with Crippen LogP contribution < -0.4 is 0 Å². The van der Waals surface area contributed by atoms with Crippen molar-refractivity contribution in [2.24, 2.45) is 0 Å². The van der Waals surface area contributed by atoms with Crippen molar-refractivity contribution in [3.05, 3.63) is 0 Å². The van der Waals surface area contributed by atoms with Crippen molar-refractivity contribution in [3.63, 3.8) is 0 Å². The van der Waals surface area contributed by atoms with Gasteiger partial charge >= 0.3 is 42.9 Å². The molecule has 0 radical (unpaired) electrons. The molecule has 0 aromatic heterocycles. The molecular weight excluding hydrogens is 282 g/mol. The first-order valence-electron chi connectivity index (χ1n) is 0. The summed E-state index contributed by atoms with van der Waals surface area (Å²) in [6, 6.07) is 0. The predicted molar refractivity (Wildman–Crippen MR) is 2.06 cm³/mol. The van der Waals surface area contributed by atoms with E-state index >= 15 is 0 Å². The van der Waals surface area contributed by atoms with Crippen molar-refractivity contribution in [2.75, 3.05) is 0 Å². The van der Waals surface area contributed by atoms with E-state index in [0.29, 0.717) is 0 Å². The Balaban J connectivity index is 0. The van der Waals surface area contributed by atoms with Crippen LogP contribution in [0.15, 0.2) is 0 Å². The molecule has 30 valence electrons. The van der Waals surface area contributed by atoms with Crippen molar-refractivity contribution in [1.29, 1.82) is 0 Å². The molecule has 0 fully saturated rings. The van der Waals surface area contributed by atoms with E-state index in [2.05, 4.69) is 0 Å². The van der Waals surface area contributed by atoms with Crippen LogP contribution in [-0.2, 0) is 59.3 Å². The molecule has 0 aromatic rings. The molecule has 0 rings (SSSR count). The van der Waals surface area contributed by atoms with Crippen LogP contribution in [0.4, 0.5) is 0 Å². The molecule has 0 N–H and O–H groups in total. The second-order valence-corrected chi connectivity index (χ2v) is 0. The quantitative estimate of drug-likeness (QED) is 0.543. The second kappa shape index (κ2) is 59.6. The summed E-state index contributed by atoms with van der Waals surface area (Å²) >= 11 is 0. The van der Waals surface area contributed by atoms with Crippen LogP contribution in [0.25, 0.3) is 0 Å². The molecule has 0 aliphatic carbocycles. The molecule has 0 heterocycles. The Labute approximate surface area is 59.3 Å². The molecule has 0 aliphatic rings. The van der Waals surface area contributed by atoms with Crippen LogP contribution in [0.3, 0.4) is 0 Å². The van der Waals surface area contributed by atoms with Crippen molar-refractivity contribution < 1.29 is 59.3 Å². The first-order chi connectivity index (χ1) is 0. The van der Waals surface area contributed by atoms with Crippen LogP contribution in [0, 0.1) is 0 Å². The van der Waals surface area contributed by atoms with Gasteiger partial charge in [0.25, 0.3) is 0 Å². The number of hydrogen-bond acceptors (Lipinski definition) is 0. The first-order valence-corrected chi connectivity index (χ1v) is 0. The Morgan fingerprint density at radius 1 is 0.600 bits per heavy atom. The number of hydrogen-bond donors (Lipinski definition) is 0. The molecule has 0 aromatic carbocycles. The molecule has 0 aliphatic heterocycles. The Morgan fingerprint density at radius 3 is 0.600 bits per heavy atom. The van der Waals surface area contributed by atoms with Crippen LogP contribution in [-0.4, -0.2) is 0 Å². The van der Waals surface area contributed by atoms with Gasteiger partial charge in [0, 0.05) is 0 Å². The Bertz CT molecular complexity index is 6.85. The van der Waals surface area contributed by atoms with Gasteiger partial charge in [0.15, 0.2) is 0 Å².